The van der Waals surface area contributed by atoms with Gasteiger partial charge in [0.15, 0.2) is 0 Å². The highest BCUT2D eigenvalue weighted by molar-refractivity contribution is 7.83. The maximum atomic E-state index is 11.5. The van der Waals surface area contributed by atoms with Crippen molar-refractivity contribution in [2.75, 3.05) is 6.26 Å². The molecule has 0 aliphatic carbocycles. The predicted molar refractivity (Wildman–Crippen MR) is 84.0 cm³/mol. The molecule has 1 nitrogen and oxygen atoms in total. The van der Waals surface area contributed by atoms with Crippen LogP contribution in [0.2, 0.25) is 5.02 Å². The van der Waals surface area contributed by atoms with Crippen LogP contribution in [0.5, 0.6) is 0 Å². The molecule has 0 spiro atoms. The van der Waals surface area contributed by atoms with E-state index in [9.17, 15) is 4.21 Å². The van der Waals surface area contributed by atoms with E-state index >= 15 is 0 Å². The second-order valence-electron chi connectivity index (χ2n) is 4.56. The zero-order chi connectivity index (χ0) is 13.8. The van der Waals surface area contributed by atoms with Gasteiger partial charge in [0.05, 0.1) is 0 Å². The van der Waals surface area contributed by atoms with Crippen molar-refractivity contribution < 1.29 is 4.21 Å². The summed E-state index contributed by atoms with van der Waals surface area (Å²) in [7, 11) is -0.818. The monoisotopic (exact) mass is 292 g/mol. The van der Waals surface area contributed by atoms with E-state index in [1.165, 1.54) is 11.1 Å². The third-order valence-electron chi connectivity index (χ3n) is 3.12. The van der Waals surface area contributed by atoms with Crippen LogP contribution in [0, 0.1) is 0 Å². The minimum atomic E-state index is -0.818. The van der Waals surface area contributed by atoms with Crippen LogP contribution in [0.4, 0.5) is 0 Å². The Labute approximate surface area is 122 Å². The lowest BCUT2D eigenvalue weighted by Gasteiger charge is -2.10. The first-order valence-electron chi connectivity index (χ1n) is 6.28. The Bertz CT molecular complexity index is 590. The van der Waals surface area contributed by atoms with Gasteiger partial charge < -0.3 is 0 Å². The van der Waals surface area contributed by atoms with Gasteiger partial charge in [-0.05, 0) is 46.9 Å². The summed E-state index contributed by atoms with van der Waals surface area (Å²) < 4.78 is 11.5. The zero-order valence-electron chi connectivity index (χ0n) is 11.2. The Kier molecular flexibility index (Phi) is 4.78. The van der Waals surface area contributed by atoms with Crippen LogP contribution in [-0.4, -0.2) is 10.5 Å². The molecule has 0 saturated heterocycles. The summed E-state index contributed by atoms with van der Waals surface area (Å²) in [5.74, 6) is 0.616. The molecule has 1 unspecified atom stereocenters. The minimum absolute atomic E-state index is 0.616. The maximum Gasteiger partial charge on any atom is 0.0485 e. The number of halogens is 1. The fraction of sp³-hybridized carbons (Fsp3) is 0.250. The van der Waals surface area contributed by atoms with Crippen molar-refractivity contribution >= 4 is 22.4 Å². The van der Waals surface area contributed by atoms with E-state index in [0.717, 1.165) is 22.6 Å². The molecule has 0 fully saturated rings. The molecule has 0 radical (unpaired) electrons. The van der Waals surface area contributed by atoms with Gasteiger partial charge in [-0.1, -0.05) is 42.8 Å². The fourth-order valence-electron chi connectivity index (χ4n) is 2.15. The summed E-state index contributed by atoms with van der Waals surface area (Å²) in [6, 6.07) is 14.2. The third-order valence-corrected chi connectivity index (χ3v) is 4.09. The number of aryl methyl sites for hydroxylation is 1. The summed E-state index contributed by atoms with van der Waals surface area (Å²) in [5.41, 5.74) is 4.73. The Morgan fingerprint density at radius 2 is 1.63 bits per heavy atom. The highest BCUT2D eigenvalue weighted by atomic mass is 35.5. The van der Waals surface area contributed by atoms with Gasteiger partial charge in [0.25, 0.3) is 0 Å². The summed E-state index contributed by atoms with van der Waals surface area (Å²) in [6.45, 7) is 2.12. The molecule has 0 N–H and O–H groups in total. The molecule has 100 valence electrons. The van der Waals surface area contributed by atoms with Crippen molar-refractivity contribution in [2.24, 2.45) is 0 Å². The van der Waals surface area contributed by atoms with Crippen LogP contribution in [0.25, 0.3) is 11.1 Å². The van der Waals surface area contributed by atoms with Crippen molar-refractivity contribution in [1.82, 2.24) is 0 Å². The number of hydrogen-bond acceptors (Lipinski definition) is 1. The molecule has 0 saturated carbocycles. The van der Waals surface area contributed by atoms with Gasteiger partial charge in [-0.2, -0.15) is 0 Å². The third kappa shape index (κ3) is 3.68. The molecule has 1 atom stereocenters. The lowest BCUT2D eigenvalue weighted by molar-refractivity contribution is 0.686. The number of benzene rings is 2. The highest BCUT2D eigenvalue weighted by Crippen LogP contribution is 2.25. The molecule has 0 aliphatic rings. The minimum Gasteiger partial charge on any atom is -0.260 e. The second kappa shape index (κ2) is 6.36. The van der Waals surface area contributed by atoms with Gasteiger partial charge in [0.1, 0.15) is 0 Å². The average molecular weight is 293 g/mol. The van der Waals surface area contributed by atoms with Crippen LogP contribution >= 0.6 is 11.6 Å². The first kappa shape index (κ1) is 14.3. The van der Waals surface area contributed by atoms with E-state index in [0.29, 0.717) is 5.75 Å². The Hall–Kier alpha value is -1.12. The molecule has 0 aromatic heterocycles. The number of rotatable bonds is 4. The highest BCUT2D eigenvalue weighted by Gasteiger charge is 2.06. The normalized spacial score (nSPS) is 12.4. The van der Waals surface area contributed by atoms with Crippen LogP contribution in [0.1, 0.15) is 18.1 Å². The second-order valence-corrected chi connectivity index (χ2v) is 6.43. The summed E-state index contributed by atoms with van der Waals surface area (Å²) in [4.78, 5) is 0. The molecular formula is C16H17ClOS. The van der Waals surface area contributed by atoms with Gasteiger partial charge >= 0.3 is 0 Å². The molecule has 3 heteroatoms. The molecule has 0 aliphatic heterocycles. The smallest absolute Gasteiger partial charge is 0.0485 e. The Balaban J connectivity index is 2.42. The van der Waals surface area contributed by atoms with E-state index in [1.807, 2.05) is 24.3 Å². The SMILES string of the molecule is CCc1ccc(-c2ccc(Cl)cc2)cc1CS(C)=O. The summed E-state index contributed by atoms with van der Waals surface area (Å²) in [5, 5.41) is 0.740. The quantitative estimate of drug-likeness (QED) is 0.814. The summed E-state index contributed by atoms with van der Waals surface area (Å²) in [6.07, 6.45) is 2.71. The van der Waals surface area contributed by atoms with Crippen molar-refractivity contribution in [1.29, 1.82) is 0 Å². The Morgan fingerprint density at radius 1 is 1.00 bits per heavy atom. The topological polar surface area (TPSA) is 17.1 Å². The maximum absolute atomic E-state index is 11.5. The molecular weight excluding hydrogens is 276 g/mol. The van der Waals surface area contributed by atoms with Gasteiger partial charge in [0.2, 0.25) is 0 Å². The molecule has 2 aromatic rings. The van der Waals surface area contributed by atoms with E-state index in [2.05, 4.69) is 25.1 Å². The largest absolute Gasteiger partial charge is 0.260 e. The molecule has 0 heterocycles. The van der Waals surface area contributed by atoms with E-state index in [1.54, 1.807) is 6.26 Å². The summed E-state index contributed by atoms with van der Waals surface area (Å²) >= 11 is 5.91. The van der Waals surface area contributed by atoms with Crippen molar-refractivity contribution in [3.63, 3.8) is 0 Å². The Morgan fingerprint density at radius 3 is 2.21 bits per heavy atom. The molecule has 2 rings (SSSR count). The van der Waals surface area contributed by atoms with Crippen molar-refractivity contribution in [2.45, 2.75) is 19.1 Å². The first-order valence-corrected chi connectivity index (χ1v) is 8.38. The van der Waals surface area contributed by atoms with E-state index in [-0.39, 0.29) is 0 Å². The number of hydrogen-bond donors (Lipinski definition) is 0. The zero-order valence-corrected chi connectivity index (χ0v) is 12.7. The van der Waals surface area contributed by atoms with Crippen LogP contribution in [0.15, 0.2) is 42.5 Å². The molecule has 2 aromatic carbocycles. The van der Waals surface area contributed by atoms with Crippen LogP contribution in [0.3, 0.4) is 0 Å². The van der Waals surface area contributed by atoms with Gasteiger partial charge in [-0.15, -0.1) is 0 Å². The lowest BCUT2D eigenvalue weighted by atomic mass is 9.99. The van der Waals surface area contributed by atoms with Gasteiger partial charge in [0, 0.05) is 27.8 Å². The average Bonchev–Trinajstić information content (AvgIpc) is 2.39. The van der Waals surface area contributed by atoms with Crippen LogP contribution in [-0.2, 0) is 23.0 Å². The predicted octanol–water partition coefficient (Wildman–Crippen LogP) is 4.45. The van der Waals surface area contributed by atoms with Crippen molar-refractivity contribution in [3.05, 3.63) is 58.6 Å². The van der Waals surface area contributed by atoms with Crippen molar-refractivity contribution in [3.8, 4) is 11.1 Å². The van der Waals surface area contributed by atoms with E-state index in [4.69, 9.17) is 11.6 Å². The van der Waals surface area contributed by atoms with Gasteiger partial charge in [-0.3, -0.25) is 4.21 Å². The van der Waals surface area contributed by atoms with Gasteiger partial charge in [-0.25, -0.2) is 0 Å². The van der Waals surface area contributed by atoms with Crippen LogP contribution < -0.4 is 0 Å². The standard InChI is InChI=1S/C16H17ClOS/c1-3-12-4-5-14(10-15(12)11-19(2)18)13-6-8-16(17)9-7-13/h4-10H,3,11H2,1-2H3. The molecule has 19 heavy (non-hydrogen) atoms. The first-order chi connectivity index (χ1) is 9.10. The fourth-order valence-corrected chi connectivity index (χ4v) is 2.98. The molecule has 0 bridgehead atoms. The lowest BCUT2D eigenvalue weighted by Crippen LogP contribution is -1.98. The molecule has 0 amide bonds. The van der Waals surface area contributed by atoms with E-state index < -0.39 is 10.8 Å².